The number of aliphatic hydroxyl groups is 1. The minimum absolute atomic E-state index is 0.00728. The quantitative estimate of drug-likeness (QED) is 0.174. The molecule has 2 atom stereocenters. The number of carboxylic acid groups (broad SMARTS) is 2. The van der Waals surface area contributed by atoms with Gasteiger partial charge in [0.2, 0.25) is 0 Å². The van der Waals surface area contributed by atoms with Gasteiger partial charge >= 0.3 is 11.9 Å². The van der Waals surface area contributed by atoms with Crippen LogP contribution in [0.15, 0.2) is 11.3 Å². The fraction of sp³-hybridized carbons (Fsp3) is 0.714. The number of allylic oxidation sites excluding steroid dienone is 1. The van der Waals surface area contributed by atoms with E-state index in [4.69, 9.17) is 5.11 Å². The van der Waals surface area contributed by atoms with E-state index in [9.17, 15) is 29.4 Å². The van der Waals surface area contributed by atoms with Crippen LogP contribution in [0.25, 0.3) is 0 Å². The number of rotatable bonds is 14. The number of carboxylic acids is 2. The lowest BCUT2D eigenvalue weighted by atomic mass is 9.87. The van der Waals surface area contributed by atoms with Crippen molar-refractivity contribution in [3.05, 3.63) is 11.3 Å². The van der Waals surface area contributed by atoms with E-state index in [1.165, 1.54) is 6.92 Å². The molecule has 7 heteroatoms. The summed E-state index contributed by atoms with van der Waals surface area (Å²) < 4.78 is 0. The van der Waals surface area contributed by atoms with Crippen LogP contribution in [0.3, 0.4) is 0 Å². The molecule has 0 aromatic carbocycles. The lowest BCUT2D eigenvalue weighted by Gasteiger charge is -2.19. The van der Waals surface area contributed by atoms with Crippen molar-refractivity contribution in [1.29, 1.82) is 0 Å². The maximum absolute atomic E-state index is 12.3. The Labute approximate surface area is 166 Å². The van der Waals surface area contributed by atoms with Gasteiger partial charge in [-0.2, -0.15) is 0 Å². The van der Waals surface area contributed by atoms with Gasteiger partial charge in [-0.1, -0.05) is 41.0 Å². The number of Topliss-reactive ketones (excluding diaryl/α,β-unsaturated/α-hetero) is 2. The van der Waals surface area contributed by atoms with Gasteiger partial charge in [-0.05, 0) is 24.7 Å². The Hall–Kier alpha value is -2.18. The Bertz CT molecular complexity index is 602. The van der Waals surface area contributed by atoms with E-state index >= 15 is 0 Å². The third-order valence-electron chi connectivity index (χ3n) is 4.57. The van der Waals surface area contributed by atoms with Crippen molar-refractivity contribution >= 4 is 23.5 Å². The van der Waals surface area contributed by atoms with E-state index in [-0.39, 0.29) is 43.3 Å². The smallest absolute Gasteiger partial charge is 0.342 e. The Kier molecular flexibility index (Phi) is 11.4. The molecular formula is C21H34O7. The van der Waals surface area contributed by atoms with Crippen molar-refractivity contribution in [2.24, 2.45) is 23.7 Å². The zero-order chi connectivity index (χ0) is 22.0. The number of carbonyl (C=O) groups is 4. The molecule has 7 nitrogen and oxygen atoms in total. The summed E-state index contributed by atoms with van der Waals surface area (Å²) in [5.41, 5.74) is -0.644. The van der Waals surface area contributed by atoms with Gasteiger partial charge in [0.05, 0.1) is 5.92 Å². The fourth-order valence-corrected chi connectivity index (χ4v) is 2.80. The number of aliphatic hydroxyl groups excluding tert-OH is 1. The SMILES string of the molecule is CC(C)CC[C@H](CC(=O)CCC(C)C(=O)O)C(O)=C(C(=O)O)C(=O)CC(C)C. The van der Waals surface area contributed by atoms with Gasteiger partial charge in [-0.25, -0.2) is 4.79 Å². The third kappa shape index (κ3) is 9.67. The van der Waals surface area contributed by atoms with Gasteiger partial charge in [0.25, 0.3) is 0 Å². The molecule has 0 aliphatic carbocycles. The second-order valence-electron chi connectivity index (χ2n) is 8.28. The zero-order valence-corrected chi connectivity index (χ0v) is 17.5. The van der Waals surface area contributed by atoms with E-state index < -0.39 is 40.9 Å². The Morgan fingerprint density at radius 3 is 1.75 bits per heavy atom. The molecule has 0 aromatic heterocycles. The van der Waals surface area contributed by atoms with Crippen molar-refractivity contribution in [2.45, 2.75) is 73.1 Å². The molecule has 3 N–H and O–H groups in total. The van der Waals surface area contributed by atoms with E-state index in [0.717, 1.165) is 0 Å². The van der Waals surface area contributed by atoms with E-state index in [0.29, 0.717) is 12.8 Å². The highest BCUT2D eigenvalue weighted by Gasteiger charge is 2.29. The highest BCUT2D eigenvalue weighted by Crippen LogP contribution is 2.27. The highest BCUT2D eigenvalue weighted by atomic mass is 16.4. The van der Waals surface area contributed by atoms with Gasteiger partial charge < -0.3 is 15.3 Å². The molecule has 1 unspecified atom stereocenters. The summed E-state index contributed by atoms with van der Waals surface area (Å²) in [4.78, 5) is 47.1. The topological polar surface area (TPSA) is 129 Å². The summed E-state index contributed by atoms with van der Waals surface area (Å²) in [6, 6.07) is 0. The molecule has 0 fully saturated rings. The molecule has 0 aliphatic heterocycles. The highest BCUT2D eigenvalue weighted by molar-refractivity contribution is 6.17. The second kappa shape index (κ2) is 12.3. The minimum Gasteiger partial charge on any atom is -0.511 e. The molecule has 0 spiro atoms. The summed E-state index contributed by atoms with van der Waals surface area (Å²) in [5, 5.41) is 28.9. The van der Waals surface area contributed by atoms with Crippen LogP contribution in [0.4, 0.5) is 0 Å². The lowest BCUT2D eigenvalue weighted by Crippen LogP contribution is -2.22. The number of aliphatic carboxylic acids is 2. The lowest BCUT2D eigenvalue weighted by molar-refractivity contribution is -0.141. The molecule has 0 heterocycles. The normalized spacial score (nSPS) is 14.5. The maximum atomic E-state index is 12.3. The van der Waals surface area contributed by atoms with Gasteiger partial charge in [-0.3, -0.25) is 14.4 Å². The molecule has 0 amide bonds. The van der Waals surface area contributed by atoms with Crippen LogP contribution in [0, 0.1) is 23.7 Å². The van der Waals surface area contributed by atoms with Gasteiger partial charge in [0.15, 0.2) is 5.78 Å². The summed E-state index contributed by atoms with van der Waals surface area (Å²) in [5.74, 6) is -5.15. The van der Waals surface area contributed by atoms with Gasteiger partial charge in [0, 0.05) is 25.2 Å². The summed E-state index contributed by atoms with van der Waals surface area (Å²) in [7, 11) is 0. The van der Waals surface area contributed by atoms with Crippen molar-refractivity contribution in [3.63, 3.8) is 0 Å². The predicted molar refractivity (Wildman–Crippen MR) is 105 cm³/mol. The first-order valence-electron chi connectivity index (χ1n) is 9.80. The molecule has 0 saturated heterocycles. The first-order chi connectivity index (χ1) is 12.9. The van der Waals surface area contributed by atoms with Gasteiger partial charge in [-0.15, -0.1) is 0 Å². The van der Waals surface area contributed by atoms with Crippen LogP contribution >= 0.6 is 0 Å². The Morgan fingerprint density at radius 1 is 0.750 bits per heavy atom. The molecule has 0 rings (SSSR count). The van der Waals surface area contributed by atoms with Crippen molar-refractivity contribution in [1.82, 2.24) is 0 Å². The number of hydrogen-bond donors (Lipinski definition) is 3. The zero-order valence-electron chi connectivity index (χ0n) is 17.5. The molecule has 0 bridgehead atoms. The number of hydrogen-bond acceptors (Lipinski definition) is 5. The van der Waals surface area contributed by atoms with Crippen molar-refractivity contribution in [2.75, 3.05) is 0 Å². The first kappa shape index (κ1) is 25.8. The second-order valence-corrected chi connectivity index (χ2v) is 8.28. The first-order valence-corrected chi connectivity index (χ1v) is 9.80. The van der Waals surface area contributed by atoms with Crippen LogP contribution in [0.5, 0.6) is 0 Å². The van der Waals surface area contributed by atoms with Crippen molar-refractivity contribution in [3.8, 4) is 0 Å². The van der Waals surface area contributed by atoms with Crippen LogP contribution in [0.2, 0.25) is 0 Å². The molecule has 0 radical (unpaired) electrons. The predicted octanol–water partition coefficient (Wildman–Crippen LogP) is 4.01. The van der Waals surface area contributed by atoms with Crippen LogP contribution < -0.4 is 0 Å². The van der Waals surface area contributed by atoms with Crippen LogP contribution in [0.1, 0.15) is 73.1 Å². The Balaban J connectivity index is 5.53. The fourth-order valence-electron chi connectivity index (χ4n) is 2.80. The van der Waals surface area contributed by atoms with Crippen molar-refractivity contribution < 1.29 is 34.5 Å². The summed E-state index contributed by atoms with van der Waals surface area (Å²) in [6.45, 7) is 9.00. The van der Waals surface area contributed by atoms with Gasteiger partial charge in [0.1, 0.15) is 17.1 Å². The van der Waals surface area contributed by atoms with Crippen LogP contribution in [-0.2, 0) is 19.2 Å². The Morgan fingerprint density at radius 2 is 1.32 bits per heavy atom. The standard InChI is InChI=1S/C21H34O7/c1-12(2)6-8-15(11-16(22)9-7-14(5)20(25)26)19(24)18(21(27)28)17(23)10-13(3)4/h12-15,24H,6-11H2,1-5H3,(H,25,26)(H,27,28)/t14?,15-/m1/s1. The average molecular weight is 398 g/mol. The summed E-state index contributed by atoms with van der Waals surface area (Å²) in [6.07, 6.45) is 1.10. The number of carbonyl (C=O) groups excluding carboxylic acids is 2. The van der Waals surface area contributed by atoms with E-state index in [1.54, 1.807) is 13.8 Å². The molecule has 28 heavy (non-hydrogen) atoms. The molecule has 160 valence electrons. The van der Waals surface area contributed by atoms with E-state index in [1.807, 2.05) is 13.8 Å². The third-order valence-corrected chi connectivity index (χ3v) is 4.57. The largest absolute Gasteiger partial charge is 0.511 e. The minimum atomic E-state index is -1.50. The monoisotopic (exact) mass is 398 g/mol. The number of ketones is 2. The molecule has 0 aliphatic rings. The molecule has 0 aromatic rings. The van der Waals surface area contributed by atoms with Crippen LogP contribution in [-0.4, -0.2) is 38.8 Å². The molecule has 0 saturated carbocycles. The van der Waals surface area contributed by atoms with E-state index in [2.05, 4.69) is 0 Å². The molecular weight excluding hydrogens is 364 g/mol. The average Bonchev–Trinajstić information content (AvgIpc) is 2.54. The summed E-state index contributed by atoms with van der Waals surface area (Å²) >= 11 is 0. The maximum Gasteiger partial charge on any atom is 0.342 e.